The molecule has 3 amide bonds. The number of carbonyl (C=O) groups excluding carboxylic acids is 3. The van der Waals surface area contributed by atoms with Gasteiger partial charge in [-0.2, -0.15) is 0 Å². The molecule has 0 heterocycles. The zero-order chi connectivity index (χ0) is 23.3. The quantitative estimate of drug-likeness (QED) is 0.247. The Balaban J connectivity index is 2.31. The number of aliphatic hydroxyl groups excluding tert-OH is 1. The van der Waals surface area contributed by atoms with Crippen LogP contribution in [0.4, 0.5) is 4.79 Å². The zero-order valence-electron chi connectivity index (χ0n) is 17.3. The molecule has 0 aromatic heterocycles. The Morgan fingerprint density at radius 3 is 2.41 bits per heavy atom. The molecule has 0 saturated heterocycles. The number of amides is 3. The minimum atomic E-state index is -1.15. The smallest absolute Gasteiger partial charge is 0.414 e. The number of carbonyl (C=O) groups is 3. The van der Waals surface area contributed by atoms with E-state index >= 15 is 0 Å². The number of benzene rings is 2. The lowest BCUT2D eigenvalue weighted by molar-refractivity contribution is -0.124. The van der Waals surface area contributed by atoms with Crippen molar-refractivity contribution in [3.05, 3.63) is 77.9 Å². The number of nitrogens with one attached hydrogen (secondary N) is 2. The Kier molecular flexibility index (Phi) is 9.85. The monoisotopic (exact) mass is 444 g/mol. The van der Waals surface area contributed by atoms with Gasteiger partial charge in [0.25, 0.3) is 11.8 Å². The molecule has 0 aliphatic rings. The third-order valence-corrected chi connectivity index (χ3v) is 4.18. The molecule has 170 valence electrons. The molecule has 0 unspecified atom stereocenters. The fraction of sp³-hybridized carbons (Fsp3) is 0.227. The number of alkyl carbamates (subject to hydrolysis) is 1. The van der Waals surface area contributed by atoms with Crippen LogP contribution >= 0.6 is 0 Å². The van der Waals surface area contributed by atoms with Gasteiger partial charge in [-0.1, -0.05) is 36.4 Å². The van der Waals surface area contributed by atoms with Crippen molar-refractivity contribution in [3.8, 4) is 5.75 Å². The van der Waals surface area contributed by atoms with Gasteiger partial charge in [0.1, 0.15) is 18.5 Å². The van der Waals surface area contributed by atoms with E-state index in [1.54, 1.807) is 42.5 Å². The SMILES string of the molecule is CO[C@@H](/C=C/C(=O)NO)[C@@H](OC(=O)NC(=O)c1ccccc1)c1ccccc1OCCO. The summed E-state index contributed by atoms with van der Waals surface area (Å²) in [6.45, 7) is -0.251. The predicted octanol–water partition coefficient (Wildman–Crippen LogP) is 1.74. The van der Waals surface area contributed by atoms with Gasteiger partial charge >= 0.3 is 6.09 Å². The van der Waals surface area contributed by atoms with E-state index in [0.717, 1.165) is 6.08 Å². The Morgan fingerprint density at radius 2 is 1.75 bits per heavy atom. The molecule has 10 nitrogen and oxygen atoms in total. The van der Waals surface area contributed by atoms with Gasteiger partial charge in [-0.15, -0.1) is 0 Å². The summed E-state index contributed by atoms with van der Waals surface area (Å²) in [6, 6.07) is 14.7. The maximum Gasteiger partial charge on any atom is 0.414 e. The molecule has 0 radical (unpaired) electrons. The van der Waals surface area contributed by atoms with E-state index < -0.39 is 30.1 Å². The number of rotatable bonds is 10. The van der Waals surface area contributed by atoms with Crippen LogP contribution < -0.4 is 15.5 Å². The zero-order valence-corrected chi connectivity index (χ0v) is 17.3. The molecule has 0 aliphatic carbocycles. The Hall–Kier alpha value is -3.73. The summed E-state index contributed by atoms with van der Waals surface area (Å²) in [5.74, 6) is -1.18. The van der Waals surface area contributed by atoms with Crippen LogP contribution in [0.5, 0.6) is 5.75 Å². The second kappa shape index (κ2) is 12.8. The number of hydrogen-bond acceptors (Lipinski definition) is 8. The Bertz CT molecular complexity index is 933. The normalized spacial score (nSPS) is 12.6. The number of hydroxylamine groups is 1. The number of imide groups is 1. The molecule has 0 saturated carbocycles. The molecule has 32 heavy (non-hydrogen) atoms. The molecule has 10 heteroatoms. The van der Waals surface area contributed by atoms with E-state index in [-0.39, 0.29) is 18.8 Å². The van der Waals surface area contributed by atoms with Gasteiger partial charge in [-0.05, 0) is 24.3 Å². The Labute approximate surface area is 184 Å². The minimum absolute atomic E-state index is 0.0111. The van der Waals surface area contributed by atoms with E-state index in [4.69, 9.17) is 24.5 Å². The summed E-state index contributed by atoms with van der Waals surface area (Å²) in [7, 11) is 1.33. The van der Waals surface area contributed by atoms with Gasteiger partial charge < -0.3 is 19.3 Å². The van der Waals surface area contributed by atoms with E-state index in [1.165, 1.54) is 30.8 Å². The first-order chi connectivity index (χ1) is 15.5. The Morgan fingerprint density at radius 1 is 1.06 bits per heavy atom. The highest BCUT2D eigenvalue weighted by Gasteiger charge is 2.29. The second-order valence-electron chi connectivity index (χ2n) is 6.29. The second-order valence-corrected chi connectivity index (χ2v) is 6.29. The van der Waals surface area contributed by atoms with Crippen molar-refractivity contribution in [1.82, 2.24) is 10.8 Å². The molecule has 4 N–H and O–H groups in total. The van der Waals surface area contributed by atoms with Gasteiger partial charge in [0.2, 0.25) is 0 Å². The van der Waals surface area contributed by atoms with E-state index in [0.29, 0.717) is 11.3 Å². The van der Waals surface area contributed by atoms with Crippen LogP contribution in [0.15, 0.2) is 66.7 Å². The molecule has 0 aliphatic heterocycles. The van der Waals surface area contributed by atoms with Crippen LogP contribution in [-0.4, -0.2) is 54.6 Å². The number of para-hydroxylation sites is 1. The molecular formula is C22H24N2O8. The molecular weight excluding hydrogens is 420 g/mol. The predicted molar refractivity (Wildman–Crippen MR) is 112 cm³/mol. The van der Waals surface area contributed by atoms with Crippen molar-refractivity contribution in [3.63, 3.8) is 0 Å². The number of ether oxygens (including phenoxy) is 3. The van der Waals surface area contributed by atoms with Crippen molar-refractivity contribution in [2.24, 2.45) is 0 Å². The summed E-state index contributed by atoms with van der Waals surface area (Å²) in [6.07, 6.45) is -0.937. The highest BCUT2D eigenvalue weighted by molar-refractivity contribution is 6.02. The molecule has 0 fully saturated rings. The third kappa shape index (κ3) is 7.20. The molecule has 2 aromatic rings. The third-order valence-electron chi connectivity index (χ3n) is 4.18. The summed E-state index contributed by atoms with van der Waals surface area (Å²) in [5.41, 5.74) is 2.07. The summed E-state index contributed by atoms with van der Waals surface area (Å²) in [5, 5.41) is 19.9. The average Bonchev–Trinajstić information content (AvgIpc) is 2.82. The first-order valence-electron chi connectivity index (χ1n) is 9.54. The number of hydrogen-bond donors (Lipinski definition) is 4. The largest absolute Gasteiger partial charge is 0.491 e. The fourth-order valence-corrected chi connectivity index (χ4v) is 2.73. The lowest BCUT2D eigenvalue weighted by Gasteiger charge is -2.26. The standard InChI is InChI=1S/C22H24N2O8/c1-30-18(11-12-19(26)24-29)20(16-9-5-6-10-17(16)31-14-13-25)32-22(28)23-21(27)15-7-3-2-4-8-15/h2-12,18,20,25,29H,13-14H2,1H3,(H,24,26)(H,23,27,28)/b12-11+/t18-,20-/m0/s1. The first-order valence-corrected chi connectivity index (χ1v) is 9.54. The van der Waals surface area contributed by atoms with E-state index in [9.17, 15) is 14.4 Å². The topological polar surface area (TPSA) is 143 Å². The number of aliphatic hydroxyl groups is 1. The molecule has 0 spiro atoms. The summed E-state index contributed by atoms with van der Waals surface area (Å²) >= 11 is 0. The van der Waals surface area contributed by atoms with Gasteiger partial charge in [0, 0.05) is 24.3 Å². The van der Waals surface area contributed by atoms with Crippen LogP contribution in [0.1, 0.15) is 22.0 Å². The van der Waals surface area contributed by atoms with E-state index in [2.05, 4.69) is 5.32 Å². The molecule has 2 atom stereocenters. The van der Waals surface area contributed by atoms with Crippen molar-refractivity contribution >= 4 is 17.9 Å². The summed E-state index contributed by atoms with van der Waals surface area (Å²) < 4.78 is 16.4. The average molecular weight is 444 g/mol. The van der Waals surface area contributed by atoms with Crippen LogP contribution in [-0.2, 0) is 14.3 Å². The highest BCUT2D eigenvalue weighted by Crippen LogP contribution is 2.32. The van der Waals surface area contributed by atoms with Crippen LogP contribution in [0.25, 0.3) is 0 Å². The van der Waals surface area contributed by atoms with Gasteiger partial charge in [-0.3, -0.25) is 20.1 Å². The van der Waals surface area contributed by atoms with Gasteiger partial charge in [-0.25, -0.2) is 10.3 Å². The van der Waals surface area contributed by atoms with Gasteiger partial charge in [0.05, 0.1) is 6.61 Å². The maximum absolute atomic E-state index is 12.5. The lowest BCUT2D eigenvalue weighted by atomic mass is 10.0. The van der Waals surface area contributed by atoms with Crippen molar-refractivity contribution < 1.29 is 38.9 Å². The lowest BCUT2D eigenvalue weighted by Crippen LogP contribution is -2.35. The van der Waals surface area contributed by atoms with Crippen molar-refractivity contribution in [1.29, 1.82) is 0 Å². The molecule has 2 aromatic carbocycles. The van der Waals surface area contributed by atoms with Crippen molar-refractivity contribution in [2.45, 2.75) is 12.2 Å². The highest BCUT2D eigenvalue weighted by atomic mass is 16.6. The van der Waals surface area contributed by atoms with Gasteiger partial charge in [0.15, 0.2) is 6.10 Å². The van der Waals surface area contributed by atoms with Crippen LogP contribution in [0, 0.1) is 0 Å². The minimum Gasteiger partial charge on any atom is -0.491 e. The fourth-order valence-electron chi connectivity index (χ4n) is 2.73. The summed E-state index contributed by atoms with van der Waals surface area (Å²) in [4.78, 5) is 36.2. The van der Waals surface area contributed by atoms with E-state index in [1.807, 2.05) is 0 Å². The molecule has 2 rings (SSSR count). The van der Waals surface area contributed by atoms with Crippen molar-refractivity contribution in [2.75, 3.05) is 20.3 Å². The number of methoxy groups -OCH3 is 1. The van der Waals surface area contributed by atoms with Crippen LogP contribution in [0.2, 0.25) is 0 Å². The first kappa shape index (κ1) is 24.5. The van der Waals surface area contributed by atoms with Crippen LogP contribution in [0.3, 0.4) is 0 Å². The maximum atomic E-state index is 12.5. The molecule has 0 bridgehead atoms.